The van der Waals surface area contributed by atoms with Gasteiger partial charge in [0.25, 0.3) is 0 Å². The third-order valence-electron chi connectivity index (χ3n) is 2.93. The highest BCUT2D eigenvalue weighted by atomic mass is 79.9. The maximum absolute atomic E-state index is 9.16. The van der Waals surface area contributed by atoms with Crippen LogP contribution in [0.1, 0.15) is 5.56 Å². The molecule has 1 unspecified atom stereocenters. The average Bonchev–Trinajstić information content (AvgIpc) is 2.38. The SMILES string of the molecule is N=C(N)c1ccc(Br)cc1N1CCOC(CO)C1. The van der Waals surface area contributed by atoms with E-state index in [1.54, 1.807) is 0 Å². The third-order valence-corrected chi connectivity index (χ3v) is 3.43. The Morgan fingerprint density at radius 1 is 1.61 bits per heavy atom. The van der Waals surface area contributed by atoms with Crippen molar-refractivity contribution in [2.75, 3.05) is 31.2 Å². The van der Waals surface area contributed by atoms with E-state index in [0.29, 0.717) is 18.7 Å². The third kappa shape index (κ3) is 2.82. The van der Waals surface area contributed by atoms with E-state index in [1.807, 2.05) is 18.2 Å². The number of ether oxygens (including phenoxy) is 1. The van der Waals surface area contributed by atoms with Gasteiger partial charge >= 0.3 is 0 Å². The summed E-state index contributed by atoms with van der Waals surface area (Å²) in [7, 11) is 0. The van der Waals surface area contributed by atoms with E-state index >= 15 is 0 Å². The van der Waals surface area contributed by atoms with Crippen molar-refractivity contribution < 1.29 is 9.84 Å². The molecule has 1 atom stereocenters. The molecule has 4 N–H and O–H groups in total. The van der Waals surface area contributed by atoms with Gasteiger partial charge in [-0.2, -0.15) is 0 Å². The van der Waals surface area contributed by atoms with Crippen molar-refractivity contribution in [1.29, 1.82) is 5.41 Å². The molecule has 18 heavy (non-hydrogen) atoms. The summed E-state index contributed by atoms with van der Waals surface area (Å²) in [6, 6.07) is 5.63. The molecule has 1 aromatic carbocycles. The van der Waals surface area contributed by atoms with Crippen LogP contribution in [0.25, 0.3) is 0 Å². The number of hydrogen-bond acceptors (Lipinski definition) is 4. The normalized spacial score (nSPS) is 19.9. The lowest BCUT2D eigenvalue weighted by Gasteiger charge is -2.34. The van der Waals surface area contributed by atoms with Gasteiger partial charge in [-0.25, -0.2) is 0 Å². The number of halogens is 1. The Hall–Kier alpha value is -1.11. The van der Waals surface area contributed by atoms with Crippen molar-refractivity contribution in [3.05, 3.63) is 28.2 Å². The van der Waals surface area contributed by atoms with Crippen molar-refractivity contribution >= 4 is 27.5 Å². The first-order valence-corrected chi connectivity index (χ1v) is 6.52. The highest BCUT2D eigenvalue weighted by Gasteiger charge is 2.22. The molecule has 1 aliphatic rings. The Bertz CT molecular complexity index is 453. The van der Waals surface area contributed by atoms with Crippen molar-refractivity contribution in [1.82, 2.24) is 0 Å². The molecule has 0 saturated carbocycles. The van der Waals surface area contributed by atoms with Crippen LogP contribution in [0.5, 0.6) is 0 Å². The largest absolute Gasteiger partial charge is 0.394 e. The summed E-state index contributed by atoms with van der Waals surface area (Å²) >= 11 is 3.43. The zero-order valence-corrected chi connectivity index (χ0v) is 11.5. The van der Waals surface area contributed by atoms with Gasteiger partial charge in [0.05, 0.1) is 19.3 Å². The van der Waals surface area contributed by atoms with Crippen LogP contribution in [-0.4, -0.2) is 43.3 Å². The second-order valence-electron chi connectivity index (χ2n) is 4.20. The summed E-state index contributed by atoms with van der Waals surface area (Å²) < 4.78 is 6.36. The molecule has 1 heterocycles. The molecular weight excluding hydrogens is 298 g/mol. The minimum absolute atomic E-state index is 0.0000913. The zero-order valence-electron chi connectivity index (χ0n) is 9.90. The Morgan fingerprint density at radius 3 is 3.06 bits per heavy atom. The second kappa shape index (κ2) is 5.69. The lowest BCUT2D eigenvalue weighted by molar-refractivity contribution is 0.00356. The summed E-state index contributed by atoms with van der Waals surface area (Å²) in [4.78, 5) is 2.09. The van der Waals surface area contributed by atoms with Crippen LogP contribution in [0, 0.1) is 5.41 Å². The van der Waals surface area contributed by atoms with Crippen molar-refractivity contribution in [2.45, 2.75) is 6.10 Å². The predicted octanol–water partition coefficient (Wildman–Crippen LogP) is 0.931. The summed E-state index contributed by atoms with van der Waals surface area (Å²) in [5, 5.41) is 16.8. The standard InChI is InChI=1S/C12H16BrN3O2/c13-8-1-2-10(12(14)15)11(5-8)16-3-4-18-9(6-16)7-17/h1-2,5,9,17H,3-4,6-7H2,(H3,14,15). The molecule has 98 valence electrons. The lowest BCUT2D eigenvalue weighted by atomic mass is 10.1. The van der Waals surface area contributed by atoms with Crippen LogP contribution in [0.4, 0.5) is 5.69 Å². The van der Waals surface area contributed by atoms with Crippen molar-refractivity contribution in [3.8, 4) is 0 Å². The highest BCUT2D eigenvalue weighted by molar-refractivity contribution is 9.10. The monoisotopic (exact) mass is 313 g/mol. The molecule has 2 rings (SSSR count). The van der Waals surface area contributed by atoms with E-state index in [2.05, 4.69) is 20.8 Å². The Kier molecular flexibility index (Phi) is 4.21. The molecular formula is C12H16BrN3O2. The van der Waals surface area contributed by atoms with E-state index in [4.69, 9.17) is 21.0 Å². The molecule has 5 nitrogen and oxygen atoms in total. The predicted molar refractivity (Wildman–Crippen MR) is 74.2 cm³/mol. The van der Waals surface area contributed by atoms with Crippen LogP contribution in [0.15, 0.2) is 22.7 Å². The quantitative estimate of drug-likeness (QED) is 0.572. The van der Waals surface area contributed by atoms with Gasteiger partial charge in [0.2, 0.25) is 0 Å². The molecule has 0 aromatic heterocycles. The lowest BCUT2D eigenvalue weighted by Crippen LogP contribution is -2.44. The van der Waals surface area contributed by atoms with Crippen molar-refractivity contribution in [3.63, 3.8) is 0 Å². The van der Waals surface area contributed by atoms with Crippen LogP contribution >= 0.6 is 15.9 Å². The fourth-order valence-corrected chi connectivity index (χ4v) is 2.39. The molecule has 6 heteroatoms. The smallest absolute Gasteiger partial charge is 0.124 e. The Morgan fingerprint density at radius 2 is 2.39 bits per heavy atom. The van der Waals surface area contributed by atoms with Crippen LogP contribution in [0.3, 0.4) is 0 Å². The number of rotatable bonds is 3. The van der Waals surface area contributed by atoms with Gasteiger partial charge < -0.3 is 20.5 Å². The number of aliphatic hydroxyl groups excluding tert-OH is 1. The topological polar surface area (TPSA) is 82.6 Å². The minimum Gasteiger partial charge on any atom is -0.394 e. The average molecular weight is 314 g/mol. The van der Waals surface area contributed by atoms with E-state index in [-0.39, 0.29) is 18.5 Å². The van der Waals surface area contributed by atoms with E-state index < -0.39 is 0 Å². The first-order chi connectivity index (χ1) is 8.61. The number of amidine groups is 1. The van der Waals surface area contributed by atoms with E-state index in [9.17, 15) is 0 Å². The second-order valence-corrected chi connectivity index (χ2v) is 5.11. The fraction of sp³-hybridized carbons (Fsp3) is 0.417. The van der Waals surface area contributed by atoms with Gasteiger partial charge in [-0.05, 0) is 18.2 Å². The molecule has 0 aliphatic carbocycles. The summed E-state index contributed by atoms with van der Waals surface area (Å²) in [6.45, 7) is 1.90. The maximum Gasteiger partial charge on any atom is 0.124 e. The number of hydrogen-bond donors (Lipinski definition) is 3. The number of nitrogens with two attached hydrogens (primary N) is 1. The molecule has 1 aromatic rings. The first-order valence-electron chi connectivity index (χ1n) is 5.73. The number of aliphatic hydroxyl groups is 1. The van der Waals surface area contributed by atoms with E-state index in [1.165, 1.54) is 0 Å². The van der Waals surface area contributed by atoms with Crippen LogP contribution in [-0.2, 0) is 4.74 Å². The van der Waals surface area contributed by atoms with Crippen LogP contribution < -0.4 is 10.6 Å². The van der Waals surface area contributed by atoms with Gasteiger partial charge in [0.15, 0.2) is 0 Å². The number of nitrogens with one attached hydrogen (secondary N) is 1. The van der Waals surface area contributed by atoms with Gasteiger partial charge in [0, 0.05) is 28.8 Å². The molecule has 0 amide bonds. The molecule has 1 aliphatic heterocycles. The molecule has 0 radical (unpaired) electrons. The number of benzene rings is 1. The number of morpholine rings is 1. The summed E-state index contributed by atoms with van der Waals surface area (Å²) in [6.07, 6.45) is -0.183. The number of anilines is 1. The molecule has 1 fully saturated rings. The Balaban J connectivity index is 2.31. The van der Waals surface area contributed by atoms with Crippen LogP contribution in [0.2, 0.25) is 0 Å². The zero-order chi connectivity index (χ0) is 13.1. The molecule has 0 spiro atoms. The van der Waals surface area contributed by atoms with Gasteiger partial charge in [-0.1, -0.05) is 15.9 Å². The number of nitrogen functional groups attached to an aromatic ring is 1. The van der Waals surface area contributed by atoms with Gasteiger partial charge in [-0.15, -0.1) is 0 Å². The molecule has 0 bridgehead atoms. The van der Waals surface area contributed by atoms with Gasteiger partial charge in [0.1, 0.15) is 5.84 Å². The minimum atomic E-state index is -0.183. The summed E-state index contributed by atoms with van der Waals surface area (Å²) in [5.41, 5.74) is 7.21. The van der Waals surface area contributed by atoms with E-state index in [0.717, 1.165) is 16.7 Å². The first kappa shape index (κ1) is 13.3. The highest BCUT2D eigenvalue weighted by Crippen LogP contribution is 2.26. The Labute approximate surface area is 114 Å². The summed E-state index contributed by atoms with van der Waals surface area (Å²) in [5.74, 6) is 0.0459. The maximum atomic E-state index is 9.16. The number of nitrogens with zero attached hydrogens (tertiary/aromatic N) is 1. The fourth-order valence-electron chi connectivity index (χ4n) is 2.04. The molecule has 1 saturated heterocycles. The van der Waals surface area contributed by atoms with Crippen molar-refractivity contribution in [2.24, 2.45) is 5.73 Å². The van der Waals surface area contributed by atoms with Gasteiger partial charge in [-0.3, -0.25) is 5.41 Å².